The summed E-state index contributed by atoms with van der Waals surface area (Å²) >= 11 is 6.85. The van der Waals surface area contributed by atoms with Crippen molar-refractivity contribution in [2.24, 2.45) is 5.92 Å². The Kier molecular flexibility index (Phi) is 7.85. The summed E-state index contributed by atoms with van der Waals surface area (Å²) in [6.07, 6.45) is 4.07. The molecule has 7 heteroatoms. The molecule has 142 valence electrons. The number of benzene rings is 1. The average molecular weight is 414 g/mol. The fourth-order valence-corrected chi connectivity index (χ4v) is 5.44. The first-order valence-corrected chi connectivity index (χ1v) is 11.2. The maximum atomic E-state index is 12.6. The summed E-state index contributed by atoms with van der Waals surface area (Å²) < 4.78 is 28.4. The Balaban J connectivity index is 2.09. The molecule has 0 amide bonds. The highest BCUT2D eigenvalue weighted by atomic mass is 35.5. The number of sulfonamides is 1. The topological polar surface area (TPSA) is 66.4 Å². The van der Waals surface area contributed by atoms with Crippen molar-refractivity contribution in [2.45, 2.75) is 43.0 Å². The van der Waals surface area contributed by atoms with Gasteiger partial charge in [-0.25, -0.2) is 13.1 Å². The molecule has 2 rings (SSSR count). The third kappa shape index (κ3) is 5.93. The second kappa shape index (κ2) is 9.67. The van der Waals surface area contributed by atoms with Crippen LogP contribution in [-0.4, -0.2) is 25.7 Å². The quantitative estimate of drug-likeness (QED) is 0.633. The van der Waals surface area contributed by atoms with Gasteiger partial charge in [-0.05, 0) is 30.0 Å². The highest BCUT2D eigenvalue weighted by molar-refractivity contribution is 7.91. The van der Waals surface area contributed by atoms with Gasteiger partial charge < -0.3 is 5.11 Å². The first-order valence-electron chi connectivity index (χ1n) is 8.50. The fourth-order valence-electron chi connectivity index (χ4n) is 2.56. The summed E-state index contributed by atoms with van der Waals surface area (Å²) in [4.78, 5) is 0. The van der Waals surface area contributed by atoms with Crippen molar-refractivity contribution in [3.63, 3.8) is 0 Å². The minimum atomic E-state index is -3.72. The second-order valence-corrected chi connectivity index (χ2v) is 9.86. The van der Waals surface area contributed by atoms with E-state index in [0.29, 0.717) is 10.8 Å². The summed E-state index contributed by atoms with van der Waals surface area (Å²) in [5, 5.41) is 10.6. The van der Waals surface area contributed by atoms with Crippen molar-refractivity contribution in [2.75, 3.05) is 0 Å². The van der Waals surface area contributed by atoms with Crippen molar-refractivity contribution >= 4 is 39.0 Å². The third-order valence-electron chi connectivity index (χ3n) is 4.26. The highest BCUT2D eigenvalue weighted by Crippen LogP contribution is 2.27. The molecule has 0 saturated carbocycles. The number of halogens is 1. The molecule has 26 heavy (non-hydrogen) atoms. The van der Waals surface area contributed by atoms with Gasteiger partial charge in [0.25, 0.3) is 0 Å². The predicted molar refractivity (Wildman–Crippen MR) is 109 cm³/mol. The zero-order valence-corrected chi connectivity index (χ0v) is 17.2. The van der Waals surface area contributed by atoms with Crippen LogP contribution >= 0.6 is 22.9 Å². The highest BCUT2D eigenvalue weighted by Gasteiger charge is 2.29. The molecule has 1 aromatic heterocycles. The van der Waals surface area contributed by atoms with Crippen molar-refractivity contribution in [3.8, 4) is 0 Å². The Morgan fingerprint density at radius 2 is 1.92 bits per heavy atom. The van der Waals surface area contributed by atoms with Crippen LogP contribution in [0.4, 0.5) is 0 Å². The van der Waals surface area contributed by atoms with Crippen molar-refractivity contribution in [1.82, 2.24) is 4.72 Å². The van der Waals surface area contributed by atoms with Gasteiger partial charge in [0.15, 0.2) is 0 Å². The van der Waals surface area contributed by atoms with Gasteiger partial charge >= 0.3 is 0 Å². The number of thiophene rings is 1. The van der Waals surface area contributed by atoms with Crippen LogP contribution in [0.15, 0.2) is 52.7 Å². The van der Waals surface area contributed by atoms with Gasteiger partial charge in [-0.2, -0.15) is 0 Å². The lowest BCUT2D eigenvalue weighted by Crippen LogP contribution is -2.47. The number of nitrogens with one attached hydrogen (secondary N) is 1. The van der Waals surface area contributed by atoms with E-state index < -0.39 is 22.2 Å². The Morgan fingerprint density at radius 1 is 1.23 bits per heavy atom. The van der Waals surface area contributed by atoms with Gasteiger partial charge in [0.05, 0.1) is 16.5 Å². The molecule has 2 N–H and O–H groups in total. The largest absolute Gasteiger partial charge is 0.391 e. The number of rotatable bonds is 9. The Hall–Kier alpha value is -1.18. The number of hydrogen-bond acceptors (Lipinski definition) is 4. The van der Waals surface area contributed by atoms with E-state index in [1.54, 1.807) is 6.07 Å². The van der Waals surface area contributed by atoms with E-state index in [1.807, 2.05) is 56.3 Å². The van der Waals surface area contributed by atoms with Gasteiger partial charge in [0.1, 0.15) is 4.21 Å². The van der Waals surface area contributed by atoms with Crippen LogP contribution < -0.4 is 4.72 Å². The zero-order chi connectivity index (χ0) is 19.2. The summed E-state index contributed by atoms with van der Waals surface area (Å²) in [6.45, 7) is 3.90. The lowest BCUT2D eigenvalue weighted by Gasteiger charge is -2.28. The van der Waals surface area contributed by atoms with Crippen LogP contribution in [0, 0.1) is 5.92 Å². The van der Waals surface area contributed by atoms with Crippen LogP contribution in [-0.2, 0) is 10.0 Å². The zero-order valence-electron chi connectivity index (χ0n) is 14.8. The average Bonchev–Trinajstić information content (AvgIpc) is 3.07. The molecule has 1 heterocycles. The first-order chi connectivity index (χ1) is 12.3. The Bertz CT molecular complexity index is 818. The second-order valence-electron chi connectivity index (χ2n) is 6.21. The third-order valence-corrected chi connectivity index (χ3v) is 7.45. The molecule has 0 fully saturated rings. The summed E-state index contributed by atoms with van der Waals surface area (Å²) in [5.41, 5.74) is 1.04. The van der Waals surface area contributed by atoms with E-state index in [2.05, 4.69) is 4.72 Å². The maximum Gasteiger partial charge on any atom is 0.250 e. The van der Waals surface area contributed by atoms with Gasteiger partial charge in [-0.3, -0.25) is 0 Å². The van der Waals surface area contributed by atoms with Crippen LogP contribution in [0.5, 0.6) is 0 Å². The standard InChI is InChI=1S/C19H24ClNO3S2/c1-3-14(2)19(21-26(23,24)18-13-12-17(20)25-18)16(22)11-7-10-15-8-5-4-6-9-15/h4-10,12-14,16,19,21-22H,3,11H2,1-2H3/b10-7+/t14-,16?,19?/m0/s1. The van der Waals surface area contributed by atoms with E-state index in [-0.39, 0.29) is 10.1 Å². The van der Waals surface area contributed by atoms with Crippen molar-refractivity contribution in [3.05, 3.63) is 58.4 Å². The van der Waals surface area contributed by atoms with Crippen LogP contribution in [0.25, 0.3) is 6.08 Å². The lowest BCUT2D eigenvalue weighted by atomic mass is 9.93. The SMILES string of the molecule is CC[C@H](C)C(NS(=O)(=O)c1ccc(Cl)s1)C(O)C/C=C/c1ccccc1. The lowest BCUT2D eigenvalue weighted by molar-refractivity contribution is 0.114. The monoisotopic (exact) mass is 413 g/mol. The molecular weight excluding hydrogens is 390 g/mol. The molecule has 0 spiro atoms. The van der Waals surface area contributed by atoms with Crippen LogP contribution in [0.2, 0.25) is 4.34 Å². The molecule has 0 aliphatic rings. The maximum absolute atomic E-state index is 12.6. The molecule has 0 saturated heterocycles. The molecule has 0 bridgehead atoms. The normalized spacial score (nSPS) is 15.8. The van der Waals surface area contributed by atoms with Crippen LogP contribution in [0.1, 0.15) is 32.3 Å². The smallest absolute Gasteiger partial charge is 0.250 e. The van der Waals surface area contributed by atoms with E-state index in [4.69, 9.17) is 11.6 Å². The van der Waals surface area contributed by atoms with E-state index in [0.717, 1.165) is 23.3 Å². The molecule has 2 aromatic rings. The fraction of sp³-hybridized carbons (Fsp3) is 0.368. The van der Waals surface area contributed by atoms with E-state index >= 15 is 0 Å². The van der Waals surface area contributed by atoms with Crippen molar-refractivity contribution in [1.29, 1.82) is 0 Å². The van der Waals surface area contributed by atoms with Crippen LogP contribution in [0.3, 0.4) is 0 Å². The molecule has 1 aromatic carbocycles. The van der Waals surface area contributed by atoms with E-state index in [9.17, 15) is 13.5 Å². The number of aliphatic hydroxyl groups excluding tert-OH is 1. The molecule has 3 atom stereocenters. The Labute approximate surface area is 164 Å². The van der Waals surface area contributed by atoms with Gasteiger partial charge in [-0.1, -0.05) is 74.4 Å². The summed E-state index contributed by atoms with van der Waals surface area (Å²) in [6, 6.07) is 12.2. The number of aliphatic hydroxyl groups is 1. The molecule has 2 unspecified atom stereocenters. The molecule has 0 aliphatic carbocycles. The molecule has 4 nitrogen and oxygen atoms in total. The van der Waals surface area contributed by atoms with Gasteiger partial charge in [-0.15, -0.1) is 11.3 Å². The number of hydrogen-bond donors (Lipinski definition) is 2. The predicted octanol–water partition coefficient (Wildman–Crippen LogP) is 4.56. The van der Waals surface area contributed by atoms with Gasteiger partial charge in [0, 0.05) is 0 Å². The Morgan fingerprint density at radius 3 is 2.50 bits per heavy atom. The minimum absolute atomic E-state index is 0.0136. The first kappa shape index (κ1) is 21.1. The molecule has 0 aliphatic heterocycles. The van der Waals surface area contributed by atoms with Crippen molar-refractivity contribution < 1.29 is 13.5 Å². The van der Waals surface area contributed by atoms with E-state index in [1.165, 1.54) is 6.07 Å². The summed E-state index contributed by atoms with van der Waals surface area (Å²) in [5.74, 6) is -0.0136. The summed E-state index contributed by atoms with van der Waals surface area (Å²) in [7, 11) is -3.72. The molecular formula is C19H24ClNO3S2. The molecule has 0 radical (unpaired) electrons. The minimum Gasteiger partial charge on any atom is -0.391 e. The van der Waals surface area contributed by atoms with Gasteiger partial charge in [0.2, 0.25) is 10.0 Å².